The molecule has 1 aliphatic heterocycles. The highest BCUT2D eigenvalue weighted by Crippen LogP contribution is 2.31. The first kappa shape index (κ1) is 14.1. The van der Waals surface area contributed by atoms with Crippen LogP contribution >= 0.6 is 0 Å². The standard InChI is InChI=1S/C15H13BFNO2S/c16-12-4-3-11-2-1-9-18(15(11)10-12)21(19,20)14-7-5-13(17)6-8-14/h3-8,10H,1-2,9H2. The molecule has 0 saturated carbocycles. The molecular formula is C15H13BFNO2S. The SMILES string of the molecule is [B]c1ccc2c(c1)N(S(=O)(=O)c1ccc(F)cc1)CCC2. The van der Waals surface area contributed by atoms with E-state index >= 15 is 0 Å². The van der Waals surface area contributed by atoms with Crippen molar-refractivity contribution in [1.29, 1.82) is 0 Å². The average Bonchev–Trinajstić information content (AvgIpc) is 2.47. The van der Waals surface area contributed by atoms with Crippen molar-refractivity contribution in [2.75, 3.05) is 10.8 Å². The number of fused-ring (bicyclic) bond motifs is 1. The highest BCUT2D eigenvalue weighted by molar-refractivity contribution is 7.92. The van der Waals surface area contributed by atoms with Crippen LogP contribution in [-0.4, -0.2) is 22.8 Å². The molecule has 0 aliphatic carbocycles. The number of hydrogen-bond acceptors (Lipinski definition) is 2. The largest absolute Gasteiger partial charge is 0.266 e. The molecule has 21 heavy (non-hydrogen) atoms. The lowest BCUT2D eigenvalue weighted by molar-refractivity contribution is 0.585. The number of aryl methyl sites for hydroxylation is 1. The minimum atomic E-state index is -3.70. The highest BCUT2D eigenvalue weighted by atomic mass is 32.2. The number of benzene rings is 2. The molecule has 2 radical (unpaired) electrons. The van der Waals surface area contributed by atoms with E-state index in [1.54, 1.807) is 12.1 Å². The molecular weight excluding hydrogens is 288 g/mol. The van der Waals surface area contributed by atoms with Crippen molar-refractivity contribution in [3.63, 3.8) is 0 Å². The molecule has 0 saturated heterocycles. The van der Waals surface area contributed by atoms with E-state index in [0.29, 0.717) is 17.7 Å². The number of halogens is 1. The zero-order valence-electron chi connectivity index (χ0n) is 11.3. The van der Waals surface area contributed by atoms with Gasteiger partial charge >= 0.3 is 0 Å². The van der Waals surface area contributed by atoms with Gasteiger partial charge in [0.2, 0.25) is 0 Å². The predicted octanol–water partition coefficient (Wildman–Crippen LogP) is 1.76. The first-order chi connectivity index (χ1) is 9.98. The summed E-state index contributed by atoms with van der Waals surface area (Å²) in [5.41, 5.74) is 2.10. The summed E-state index contributed by atoms with van der Waals surface area (Å²) >= 11 is 0. The number of anilines is 1. The van der Waals surface area contributed by atoms with Crippen LogP contribution in [0.15, 0.2) is 47.4 Å². The molecule has 1 heterocycles. The lowest BCUT2D eigenvalue weighted by atomic mass is 9.92. The van der Waals surface area contributed by atoms with Gasteiger partial charge in [0.15, 0.2) is 0 Å². The Labute approximate surface area is 124 Å². The fourth-order valence-electron chi connectivity index (χ4n) is 2.54. The van der Waals surface area contributed by atoms with E-state index in [1.807, 2.05) is 6.07 Å². The van der Waals surface area contributed by atoms with E-state index in [4.69, 9.17) is 7.85 Å². The summed E-state index contributed by atoms with van der Waals surface area (Å²) in [5, 5.41) is 0. The molecule has 3 rings (SSSR count). The van der Waals surface area contributed by atoms with Gasteiger partial charge in [-0.2, -0.15) is 0 Å². The molecule has 2 aromatic rings. The summed E-state index contributed by atoms with van der Waals surface area (Å²) in [6, 6.07) is 10.2. The summed E-state index contributed by atoms with van der Waals surface area (Å²) in [7, 11) is 2.08. The molecule has 0 amide bonds. The van der Waals surface area contributed by atoms with Crippen LogP contribution in [-0.2, 0) is 16.4 Å². The second-order valence-electron chi connectivity index (χ2n) is 5.02. The van der Waals surface area contributed by atoms with Gasteiger partial charge in [-0.25, -0.2) is 12.8 Å². The summed E-state index contributed by atoms with van der Waals surface area (Å²) in [6.07, 6.45) is 1.57. The molecule has 0 aromatic heterocycles. The van der Waals surface area contributed by atoms with Crippen LogP contribution in [0.4, 0.5) is 10.1 Å². The highest BCUT2D eigenvalue weighted by Gasteiger charge is 2.28. The van der Waals surface area contributed by atoms with Crippen molar-refractivity contribution in [3.05, 3.63) is 53.8 Å². The maximum atomic E-state index is 13.0. The monoisotopic (exact) mass is 301 g/mol. The van der Waals surface area contributed by atoms with E-state index < -0.39 is 15.8 Å². The number of hydrogen-bond donors (Lipinski definition) is 0. The van der Waals surface area contributed by atoms with Gasteiger partial charge in [-0.1, -0.05) is 17.6 Å². The molecule has 106 valence electrons. The average molecular weight is 301 g/mol. The Bertz CT molecular complexity index is 775. The number of sulfonamides is 1. The summed E-state index contributed by atoms with van der Waals surface area (Å²) in [5.74, 6) is -0.461. The molecule has 0 spiro atoms. The zero-order valence-corrected chi connectivity index (χ0v) is 12.1. The lowest BCUT2D eigenvalue weighted by Crippen LogP contribution is -2.36. The Morgan fingerprint density at radius 1 is 1.10 bits per heavy atom. The zero-order chi connectivity index (χ0) is 15.0. The maximum absolute atomic E-state index is 13.0. The molecule has 0 fully saturated rings. The van der Waals surface area contributed by atoms with Gasteiger partial charge in [-0.15, -0.1) is 0 Å². The van der Waals surface area contributed by atoms with E-state index in [0.717, 1.165) is 30.5 Å². The van der Waals surface area contributed by atoms with Gasteiger partial charge < -0.3 is 0 Å². The van der Waals surface area contributed by atoms with E-state index in [9.17, 15) is 12.8 Å². The summed E-state index contributed by atoms with van der Waals surface area (Å²) < 4.78 is 39.8. The maximum Gasteiger partial charge on any atom is 0.264 e. The van der Waals surface area contributed by atoms with Crippen molar-refractivity contribution in [3.8, 4) is 0 Å². The summed E-state index contributed by atoms with van der Waals surface area (Å²) in [6.45, 7) is 0.399. The third-order valence-electron chi connectivity index (χ3n) is 3.59. The van der Waals surface area contributed by atoms with Crippen molar-refractivity contribution in [2.24, 2.45) is 0 Å². The first-order valence-electron chi connectivity index (χ1n) is 6.65. The van der Waals surface area contributed by atoms with Gasteiger partial charge in [-0.05, 0) is 48.7 Å². The Hall–Kier alpha value is -1.82. The Morgan fingerprint density at radius 2 is 1.81 bits per heavy atom. The Kier molecular flexibility index (Phi) is 3.49. The van der Waals surface area contributed by atoms with Crippen molar-refractivity contribution in [1.82, 2.24) is 0 Å². The second-order valence-corrected chi connectivity index (χ2v) is 6.89. The molecule has 1 aliphatic rings. The van der Waals surface area contributed by atoms with Crippen LogP contribution in [0.3, 0.4) is 0 Å². The van der Waals surface area contributed by atoms with E-state index in [2.05, 4.69) is 0 Å². The van der Waals surface area contributed by atoms with Crippen LogP contribution < -0.4 is 9.77 Å². The topological polar surface area (TPSA) is 37.4 Å². The van der Waals surface area contributed by atoms with Crippen molar-refractivity contribution >= 4 is 29.0 Å². The fourth-order valence-corrected chi connectivity index (χ4v) is 4.07. The Balaban J connectivity index is 2.09. The quantitative estimate of drug-likeness (QED) is 0.793. The fraction of sp³-hybridized carbons (Fsp3) is 0.200. The van der Waals surface area contributed by atoms with Gasteiger partial charge in [0.05, 0.1) is 10.6 Å². The smallest absolute Gasteiger partial charge is 0.264 e. The molecule has 3 nitrogen and oxygen atoms in total. The normalized spacial score (nSPS) is 14.8. The third-order valence-corrected chi connectivity index (χ3v) is 5.41. The summed E-state index contributed by atoms with van der Waals surface area (Å²) in [4.78, 5) is 0.0826. The van der Waals surface area contributed by atoms with Gasteiger partial charge in [0.1, 0.15) is 13.7 Å². The van der Waals surface area contributed by atoms with E-state index in [-0.39, 0.29) is 4.90 Å². The molecule has 0 unspecified atom stereocenters. The molecule has 6 heteroatoms. The van der Waals surface area contributed by atoms with Gasteiger partial charge in [-0.3, -0.25) is 4.31 Å². The lowest BCUT2D eigenvalue weighted by Gasteiger charge is -2.31. The molecule has 0 N–H and O–H groups in total. The van der Waals surface area contributed by atoms with Crippen molar-refractivity contribution < 1.29 is 12.8 Å². The van der Waals surface area contributed by atoms with Crippen molar-refractivity contribution in [2.45, 2.75) is 17.7 Å². The second kappa shape index (κ2) is 5.18. The minimum absolute atomic E-state index is 0.0826. The predicted molar refractivity (Wildman–Crippen MR) is 81.1 cm³/mol. The van der Waals surface area contributed by atoms with Crippen LogP contribution in [0.5, 0.6) is 0 Å². The number of nitrogens with zero attached hydrogens (tertiary/aromatic N) is 1. The van der Waals surface area contributed by atoms with E-state index in [1.165, 1.54) is 16.4 Å². The Morgan fingerprint density at radius 3 is 2.52 bits per heavy atom. The van der Waals surface area contributed by atoms with Crippen LogP contribution in [0.1, 0.15) is 12.0 Å². The minimum Gasteiger partial charge on any atom is -0.266 e. The third kappa shape index (κ3) is 2.55. The first-order valence-corrected chi connectivity index (χ1v) is 8.09. The van der Waals surface area contributed by atoms with Crippen LogP contribution in [0.25, 0.3) is 0 Å². The molecule has 0 atom stereocenters. The van der Waals surface area contributed by atoms with Gasteiger partial charge in [0.25, 0.3) is 10.0 Å². The molecule has 2 aromatic carbocycles. The number of rotatable bonds is 2. The molecule has 0 bridgehead atoms. The van der Waals surface area contributed by atoms with Gasteiger partial charge in [0, 0.05) is 6.54 Å². The van der Waals surface area contributed by atoms with Crippen LogP contribution in [0, 0.1) is 5.82 Å². The van der Waals surface area contributed by atoms with Crippen LogP contribution in [0.2, 0.25) is 0 Å².